The van der Waals surface area contributed by atoms with Gasteiger partial charge in [0.05, 0.1) is 14.2 Å². The molecule has 7 heteroatoms. The fourth-order valence-corrected chi connectivity index (χ4v) is 2.64. The minimum absolute atomic E-state index is 0.561. The molecule has 0 spiro atoms. The summed E-state index contributed by atoms with van der Waals surface area (Å²) in [6.45, 7) is 1.35. The summed E-state index contributed by atoms with van der Waals surface area (Å²) in [4.78, 5) is 4.41. The molecule has 6 nitrogen and oxygen atoms in total. The Kier molecular flexibility index (Phi) is 6.09. The lowest BCUT2D eigenvalue weighted by molar-refractivity contribution is 0.375. The molecule has 136 valence electrons. The van der Waals surface area contributed by atoms with Crippen molar-refractivity contribution in [2.45, 2.75) is 13.0 Å². The first-order chi connectivity index (χ1) is 12.7. The van der Waals surface area contributed by atoms with Crippen molar-refractivity contribution in [2.75, 3.05) is 20.8 Å². The maximum atomic E-state index is 5.89. The van der Waals surface area contributed by atoms with E-state index in [1.54, 1.807) is 26.4 Å². The lowest BCUT2D eigenvalue weighted by Gasteiger charge is -2.11. The van der Waals surface area contributed by atoms with E-state index in [2.05, 4.69) is 15.5 Å². The van der Waals surface area contributed by atoms with E-state index < -0.39 is 0 Å². The first kappa shape index (κ1) is 18.2. The summed E-state index contributed by atoms with van der Waals surface area (Å²) in [6.07, 6.45) is 0.632. The average molecular weight is 374 g/mol. The van der Waals surface area contributed by atoms with Gasteiger partial charge in [-0.2, -0.15) is 4.98 Å². The number of hydrogen-bond donors (Lipinski definition) is 1. The van der Waals surface area contributed by atoms with Crippen molar-refractivity contribution in [1.82, 2.24) is 15.5 Å². The molecular weight excluding hydrogens is 354 g/mol. The van der Waals surface area contributed by atoms with E-state index in [4.69, 9.17) is 25.6 Å². The molecule has 2 aromatic carbocycles. The van der Waals surface area contributed by atoms with Crippen LogP contribution in [0.1, 0.15) is 11.5 Å². The van der Waals surface area contributed by atoms with Crippen LogP contribution in [-0.4, -0.2) is 30.9 Å². The van der Waals surface area contributed by atoms with E-state index in [1.165, 1.54) is 0 Å². The number of halogens is 1. The molecule has 0 atom stereocenters. The van der Waals surface area contributed by atoms with Gasteiger partial charge in [-0.3, -0.25) is 0 Å². The molecule has 0 fully saturated rings. The van der Waals surface area contributed by atoms with Gasteiger partial charge < -0.3 is 19.3 Å². The second kappa shape index (κ2) is 8.69. The molecule has 3 aromatic rings. The molecule has 1 heterocycles. The van der Waals surface area contributed by atoms with Gasteiger partial charge in [0.25, 0.3) is 0 Å². The third-order valence-corrected chi connectivity index (χ3v) is 4.14. The largest absolute Gasteiger partial charge is 0.497 e. The minimum atomic E-state index is 0.561. The molecule has 1 aromatic heterocycles. The number of hydrogen-bond acceptors (Lipinski definition) is 6. The van der Waals surface area contributed by atoms with E-state index in [0.717, 1.165) is 22.6 Å². The molecule has 3 rings (SSSR count). The number of nitrogens with one attached hydrogen (secondary N) is 1. The molecule has 26 heavy (non-hydrogen) atoms. The van der Waals surface area contributed by atoms with Crippen LogP contribution in [0.5, 0.6) is 11.5 Å². The molecule has 0 bridgehead atoms. The van der Waals surface area contributed by atoms with E-state index in [0.29, 0.717) is 36.2 Å². The minimum Gasteiger partial charge on any atom is -0.497 e. The lowest BCUT2D eigenvalue weighted by Crippen LogP contribution is -2.17. The van der Waals surface area contributed by atoms with Crippen LogP contribution < -0.4 is 14.8 Å². The van der Waals surface area contributed by atoms with Gasteiger partial charge in [0.1, 0.15) is 11.5 Å². The Morgan fingerprint density at radius 2 is 1.88 bits per heavy atom. The number of methoxy groups -OCH3 is 2. The van der Waals surface area contributed by atoms with Crippen LogP contribution in [-0.2, 0) is 13.0 Å². The highest BCUT2D eigenvalue weighted by atomic mass is 35.5. The Bertz CT molecular complexity index is 849. The maximum Gasteiger partial charge on any atom is 0.228 e. The Balaban J connectivity index is 1.54. The molecular formula is C19H20ClN3O3. The van der Waals surface area contributed by atoms with Crippen LogP contribution in [0, 0.1) is 0 Å². The zero-order valence-electron chi connectivity index (χ0n) is 14.7. The molecule has 1 N–H and O–H groups in total. The highest BCUT2D eigenvalue weighted by Gasteiger charge is 2.09. The first-order valence-corrected chi connectivity index (χ1v) is 8.57. The Morgan fingerprint density at radius 1 is 1.08 bits per heavy atom. The predicted molar refractivity (Wildman–Crippen MR) is 99.7 cm³/mol. The van der Waals surface area contributed by atoms with Gasteiger partial charge in [0.15, 0.2) is 0 Å². The molecule has 0 aliphatic heterocycles. The second-order valence-electron chi connectivity index (χ2n) is 5.62. The average Bonchev–Trinajstić information content (AvgIpc) is 3.14. The molecule has 0 aliphatic carbocycles. The monoisotopic (exact) mass is 373 g/mol. The van der Waals surface area contributed by atoms with Crippen molar-refractivity contribution in [2.24, 2.45) is 0 Å². The standard InChI is InChI=1S/C19H20ClN3O3/c1-24-16-7-8-17(25-2)14(11-16)12-21-10-9-18-22-19(23-26-18)13-3-5-15(20)6-4-13/h3-8,11,21H,9-10,12H2,1-2H3. The third-order valence-electron chi connectivity index (χ3n) is 3.89. The number of nitrogens with zero attached hydrogens (tertiary/aromatic N) is 2. The summed E-state index contributed by atoms with van der Waals surface area (Å²) in [5.74, 6) is 2.76. The normalized spacial score (nSPS) is 10.7. The van der Waals surface area contributed by atoms with Gasteiger partial charge in [-0.1, -0.05) is 16.8 Å². The first-order valence-electron chi connectivity index (χ1n) is 8.19. The van der Waals surface area contributed by atoms with Gasteiger partial charge >= 0.3 is 0 Å². The molecule has 0 aliphatic rings. The van der Waals surface area contributed by atoms with Gasteiger partial charge in [0, 0.05) is 35.7 Å². The van der Waals surface area contributed by atoms with Crippen LogP contribution >= 0.6 is 11.6 Å². The zero-order chi connectivity index (χ0) is 18.4. The summed E-state index contributed by atoms with van der Waals surface area (Å²) in [5.41, 5.74) is 1.90. The Morgan fingerprint density at radius 3 is 2.62 bits per heavy atom. The van der Waals surface area contributed by atoms with Gasteiger partial charge in [-0.15, -0.1) is 0 Å². The number of rotatable bonds is 8. The molecule has 0 saturated heterocycles. The van der Waals surface area contributed by atoms with Crippen molar-refractivity contribution >= 4 is 11.6 Å². The summed E-state index contributed by atoms with van der Waals surface area (Å²) >= 11 is 5.89. The predicted octanol–water partition coefficient (Wildman–Crippen LogP) is 3.74. The maximum absolute atomic E-state index is 5.89. The summed E-state index contributed by atoms with van der Waals surface area (Å²) in [5, 5.41) is 8.04. The third kappa shape index (κ3) is 4.53. The summed E-state index contributed by atoms with van der Waals surface area (Å²) in [6, 6.07) is 13.1. The number of ether oxygens (including phenoxy) is 2. The summed E-state index contributed by atoms with van der Waals surface area (Å²) < 4.78 is 15.9. The number of aromatic nitrogens is 2. The van der Waals surface area contributed by atoms with Crippen molar-refractivity contribution in [3.05, 3.63) is 58.9 Å². The van der Waals surface area contributed by atoms with Crippen molar-refractivity contribution < 1.29 is 14.0 Å². The molecule has 0 unspecified atom stereocenters. The summed E-state index contributed by atoms with van der Waals surface area (Å²) in [7, 11) is 3.30. The fraction of sp³-hybridized carbons (Fsp3) is 0.263. The molecule has 0 amide bonds. The van der Waals surface area contributed by atoms with Gasteiger partial charge in [-0.05, 0) is 42.5 Å². The smallest absolute Gasteiger partial charge is 0.228 e. The SMILES string of the molecule is COc1ccc(OC)c(CNCCc2nc(-c3ccc(Cl)cc3)no2)c1. The Hall–Kier alpha value is -2.57. The number of benzene rings is 2. The van der Waals surface area contributed by atoms with E-state index in [1.807, 2.05) is 30.3 Å². The second-order valence-corrected chi connectivity index (χ2v) is 6.06. The highest BCUT2D eigenvalue weighted by molar-refractivity contribution is 6.30. The van der Waals surface area contributed by atoms with Crippen LogP contribution in [0.3, 0.4) is 0 Å². The van der Waals surface area contributed by atoms with E-state index in [9.17, 15) is 0 Å². The Labute approximate surface area is 157 Å². The zero-order valence-corrected chi connectivity index (χ0v) is 15.4. The molecule has 0 radical (unpaired) electrons. The topological polar surface area (TPSA) is 69.4 Å². The van der Waals surface area contributed by atoms with Gasteiger partial charge in [-0.25, -0.2) is 0 Å². The van der Waals surface area contributed by atoms with Crippen LogP contribution in [0.25, 0.3) is 11.4 Å². The van der Waals surface area contributed by atoms with E-state index in [-0.39, 0.29) is 0 Å². The van der Waals surface area contributed by atoms with Gasteiger partial charge in [0.2, 0.25) is 11.7 Å². The van der Waals surface area contributed by atoms with Crippen molar-refractivity contribution in [3.63, 3.8) is 0 Å². The van der Waals surface area contributed by atoms with Crippen LogP contribution in [0.15, 0.2) is 47.0 Å². The lowest BCUT2D eigenvalue weighted by atomic mass is 10.2. The van der Waals surface area contributed by atoms with Crippen molar-refractivity contribution in [1.29, 1.82) is 0 Å². The molecule has 0 saturated carbocycles. The highest BCUT2D eigenvalue weighted by Crippen LogP contribution is 2.23. The van der Waals surface area contributed by atoms with Crippen LogP contribution in [0.4, 0.5) is 0 Å². The van der Waals surface area contributed by atoms with Crippen molar-refractivity contribution in [3.8, 4) is 22.9 Å². The van der Waals surface area contributed by atoms with Crippen LogP contribution in [0.2, 0.25) is 5.02 Å². The fourth-order valence-electron chi connectivity index (χ4n) is 2.51. The quantitative estimate of drug-likeness (QED) is 0.606. The van der Waals surface area contributed by atoms with E-state index >= 15 is 0 Å².